The molecule has 1 aliphatic heterocycles. The van der Waals surface area contributed by atoms with Crippen molar-refractivity contribution < 1.29 is 14.0 Å². The Morgan fingerprint density at radius 2 is 1.83 bits per heavy atom. The van der Waals surface area contributed by atoms with Gasteiger partial charge in [-0.1, -0.05) is 30.3 Å². The van der Waals surface area contributed by atoms with Crippen molar-refractivity contribution in [3.8, 4) is 0 Å². The molecule has 1 atom stereocenters. The van der Waals surface area contributed by atoms with Crippen LogP contribution in [0.3, 0.4) is 0 Å². The molecular weight excluding hydrogens is 368 g/mol. The minimum Gasteiger partial charge on any atom is -0.467 e. The van der Waals surface area contributed by atoms with Gasteiger partial charge in [0.15, 0.2) is 0 Å². The monoisotopic (exact) mass is 386 g/mol. The van der Waals surface area contributed by atoms with Gasteiger partial charge in [-0.05, 0) is 36.4 Å². The van der Waals surface area contributed by atoms with E-state index in [0.717, 1.165) is 11.0 Å². The van der Waals surface area contributed by atoms with Crippen LogP contribution in [0.1, 0.15) is 18.2 Å². The first kappa shape index (κ1) is 17.2. The van der Waals surface area contributed by atoms with Gasteiger partial charge >= 0.3 is 0 Å². The van der Waals surface area contributed by atoms with E-state index in [4.69, 9.17) is 4.42 Å². The number of fused-ring (bicyclic) bond motifs is 3. The van der Waals surface area contributed by atoms with Gasteiger partial charge in [-0.3, -0.25) is 19.1 Å². The molecule has 0 saturated heterocycles. The Hall–Kier alpha value is -3.87. The molecule has 7 nitrogen and oxygen atoms in total. The average molecular weight is 386 g/mol. The predicted octanol–water partition coefficient (Wildman–Crippen LogP) is 3.75. The molecule has 4 aromatic rings. The molecule has 3 heterocycles. The number of anilines is 2. The van der Waals surface area contributed by atoms with E-state index in [1.54, 1.807) is 17.2 Å². The van der Waals surface area contributed by atoms with Crippen LogP contribution in [0.15, 0.2) is 77.4 Å². The van der Waals surface area contributed by atoms with Gasteiger partial charge in [0.25, 0.3) is 5.91 Å². The van der Waals surface area contributed by atoms with Gasteiger partial charge in [0.05, 0.1) is 30.3 Å². The van der Waals surface area contributed by atoms with Crippen molar-refractivity contribution in [3.63, 3.8) is 0 Å². The Morgan fingerprint density at radius 1 is 1.03 bits per heavy atom. The normalized spacial score (nSPS) is 15.7. The summed E-state index contributed by atoms with van der Waals surface area (Å²) in [5.41, 5.74) is 2.31. The van der Waals surface area contributed by atoms with Gasteiger partial charge in [-0.2, -0.15) is 0 Å². The fraction of sp³-hybridized carbons (Fsp3) is 0.136. The third-order valence-electron chi connectivity index (χ3n) is 5.01. The smallest absolute Gasteiger partial charge is 0.253 e. The summed E-state index contributed by atoms with van der Waals surface area (Å²) in [5, 5.41) is 2.86. The lowest BCUT2D eigenvalue weighted by Gasteiger charge is -2.15. The number of hydrogen-bond donors (Lipinski definition) is 1. The number of imidazole rings is 1. The molecule has 0 radical (unpaired) electrons. The standard InChI is InChI=1S/C22H18N4O3/c27-20(23-15-7-2-1-3-8-15)13-19-21(28)25(14-16-9-6-12-29-16)22-24-17-10-4-5-11-18(17)26(19)22/h1-12,19H,13-14H2,(H,23,27)/t19-/m0/s1. The van der Waals surface area contributed by atoms with Crippen molar-refractivity contribution in [1.29, 1.82) is 0 Å². The van der Waals surface area contributed by atoms with E-state index in [9.17, 15) is 9.59 Å². The van der Waals surface area contributed by atoms with E-state index in [1.165, 1.54) is 0 Å². The highest BCUT2D eigenvalue weighted by molar-refractivity contribution is 6.05. The van der Waals surface area contributed by atoms with Crippen LogP contribution in [0.5, 0.6) is 0 Å². The number of amides is 2. The Labute approximate surface area is 166 Å². The summed E-state index contributed by atoms with van der Waals surface area (Å²) in [7, 11) is 0. The largest absolute Gasteiger partial charge is 0.467 e. The lowest BCUT2D eigenvalue weighted by molar-refractivity contribution is -0.124. The number of carbonyl (C=O) groups is 2. The molecule has 1 aliphatic rings. The first-order chi connectivity index (χ1) is 14.2. The molecular formula is C22H18N4O3. The fourth-order valence-electron chi connectivity index (χ4n) is 3.71. The minimum atomic E-state index is -0.656. The number of aromatic nitrogens is 2. The number of para-hydroxylation sites is 3. The number of nitrogens with one attached hydrogen (secondary N) is 1. The van der Waals surface area contributed by atoms with Gasteiger partial charge in [0.2, 0.25) is 11.9 Å². The molecule has 0 unspecified atom stereocenters. The Bertz CT molecular complexity index is 1180. The van der Waals surface area contributed by atoms with Crippen LogP contribution in [0.4, 0.5) is 11.6 Å². The fourth-order valence-corrected chi connectivity index (χ4v) is 3.71. The van der Waals surface area contributed by atoms with Gasteiger partial charge in [0, 0.05) is 5.69 Å². The molecule has 0 saturated carbocycles. The maximum atomic E-state index is 13.2. The Balaban J connectivity index is 1.48. The van der Waals surface area contributed by atoms with Crippen molar-refractivity contribution >= 4 is 34.5 Å². The van der Waals surface area contributed by atoms with Gasteiger partial charge < -0.3 is 9.73 Å². The third kappa shape index (κ3) is 3.06. The summed E-state index contributed by atoms with van der Waals surface area (Å²) in [5.74, 6) is 0.799. The molecule has 5 rings (SSSR count). The van der Waals surface area contributed by atoms with Crippen molar-refractivity contribution in [3.05, 3.63) is 78.8 Å². The van der Waals surface area contributed by atoms with Gasteiger partial charge in [-0.25, -0.2) is 4.98 Å². The second kappa shape index (κ2) is 6.94. The van der Waals surface area contributed by atoms with Crippen LogP contribution in [0, 0.1) is 0 Å². The number of rotatable bonds is 5. The van der Waals surface area contributed by atoms with E-state index in [0.29, 0.717) is 17.4 Å². The topological polar surface area (TPSA) is 80.4 Å². The van der Waals surface area contributed by atoms with Crippen LogP contribution in [-0.4, -0.2) is 21.4 Å². The summed E-state index contributed by atoms with van der Waals surface area (Å²) in [6.45, 7) is 0.270. The van der Waals surface area contributed by atoms with Crippen molar-refractivity contribution in [2.45, 2.75) is 19.0 Å². The van der Waals surface area contributed by atoms with E-state index in [1.807, 2.05) is 65.2 Å². The van der Waals surface area contributed by atoms with Crippen LogP contribution >= 0.6 is 0 Å². The molecule has 144 valence electrons. The number of benzene rings is 2. The van der Waals surface area contributed by atoms with Crippen molar-refractivity contribution in [1.82, 2.24) is 9.55 Å². The molecule has 0 spiro atoms. The highest BCUT2D eigenvalue weighted by Crippen LogP contribution is 2.37. The molecule has 2 aromatic heterocycles. The summed E-state index contributed by atoms with van der Waals surface area (Å²) < 4.78 is 7.27. The molecule has 0 fully saturated rings. The number of nitrogens with zero attached hydrogens (tertiary/aromatic N) is 3. The molecule has 29 heavy (non-hydrogen) atoms. The second-order valence-corrected chi connectivity index (χ2v) is 6.91. The Kier molecular flexibility index (Phi) is 4.13. The molecule has 2 aromatic carbocycles. The maximum absolute atomic E-state index is 13.2. The zero-order valence-corrected chi connectivity index (χ0v) is 15.5. The number of furan rings is 1. The predicted molar refractivity (Wildman–Crippen MR) is 108 cm³/mol. The third-order valence-corrected chi connectivity index (χ3v) is 5.01. The molecule has 7 heteroatoms. The maximum Gasteiger partial charge on any atom is 0.253 e. The van der Waals surface area contributed by atoms with Crippen LogP contribution < -0.4 is 10.2 Å². The second-order valence-electron chi connectivity index (χ2n) is 6.91. The summed E-state index contributed by atoms with van der Waals surface area (Å²) in [6.07, 6.45) is 1.60. The summed E-state index contributed by atoms with van der Waals surface area (Å²) in [4.78, 5) is 32.1. The first-order valence-electron chi connectivity index (χ1n) is 9.36. The quantitative estimate of drug-likeness (QED) is 0.567. The zero-order chi connectivity index (χ0) is 19.8. The van der Waals surface area contributed by atoms with Gasteiger partial charge in [-0.15, -0.1) is 0 Å². The summed E-state index contributed by atoms with van der Waals surface area (Å²) in [6, 6.07) is 19.8. The number of hydrogen-bond acceptors (Lipinski definition) is 4. The molecule has 2 amide bonds. The summed E-state index contributed by atoms with van der Waals surface area (Å²) >= 11 is 0. The molecule has 0 aliphatic carbocycles. The van der Waals surface area contributed by atoms with E-state index in [-0.39, 0.29) is 24.8 Å². The Morgan fingerprint density at radius 3 is 2.62 bits per heavy atom. The highest BCUT2D eigenvalue weighted by Gasteiger charge is 2.41. The average Bonchev–Trinajstić information content (AvgIpc) is 3.43. The SMILES string of the molecule is O=C(C[C@H]1C(=O)N(Cc2ccco2)c2nc3ccccc3n21)Nc1ccccc1. The first-order valence-corrected chi connectivity index (χ1v) is 9.36. The van der Waals surface area contributed by atoms with E-state index >= 15 is 0 Å². The zero-order valence-electron chi connectivity index (χ0n) is 15.5. The van der Waals surface area contributed by atoms with Crippen molar-refractivity contribution in [2.75, 3.05) is 10.2 Å². The van der Waals surface area contributed by atoms with Crippen LogP contribution in [-0.2, 0) is 16.1 Å². The van der Waals surface area contributed by atoms with E-state index in [2.05, 4.69) is 10.3 Å². The molecule has 1 N–H and O–H groups in total. The van der Waals surface area contributed by atoms with Crippen molar-refractivity contribution in [2.24, 2.45) is 0 Å². The number of carbonyl (C=O) groups excluding carboxylic acids is 2. The lowest BCUT2D eigenvalue weighted by Crippen LogP contribution is -2.30. The van der Waals surface area contributed by atoms with E-state index < -0.39 is 6.04 Å². The highest BCUT2D eigenvalue weighted by atomic mass is 16.3. The van der Waals surface area contributed by atoms with Crippen LogP contribution in [0.2, 0.25) is 0 Å². The minimum absolute atomic E-state index is 0.0235. The van der Waals surface area contributed by atoms with Gasteiger partial charge in [0.1, 0.15) is 11.8 Å². The molecule has 0 bridgehead atoms. The van der Waals surface area contributed by atoms with Crippen LogP contribution in [0.25, 0.3) is 11.0 Å². The lowest BCUT2D eigenvalue weighted by atomic mass is 10.1.